The molecule has 1 aliphatic rings. The molecule has 1 heterocycles. The van der Waals surface area contributed by atoms with Gasteiger partial charge in [-0.25, -0.2) is 0 Å². The lowest BCUT2D eigenvalue weighted by molar-refractivity contribution is -0.385. The third-order valence-electron chi connectivity index (χ3n) is 5.16. The van der Waals surface area contributed by atoms with Crippen molar-refractivity contribution >= 4 is 50.6 Å². The Morgan fingerprint density at radius 1 is 1.03 bits per heavy atom. The molecule has 13 heteroatoms. The summed E-state index contributed by atoms with van der Waals surface area (Å²) in [5.74, 6) is -0.149. The number of carbonyl (C=O) groups excluding carboxylic acids is 2. The minimum atomic E-state index is -4.75. The fourth-order valence-electron chi connectivity index (χ4n) is 3.35. The molecule has 0 spiro atoms. The summed E-state index contributed by atoms with van der Waals surface area (Å²) in [6.07, 6.45) is -3.25. The van der Waals surface area contributed by atoms with Gasteiger partial charge >= 0.3 is 11.9 Å². The Labute approximate surface area is 226 Å². The fraction of sp³-hybridized carbons (Fsp3) is 0.120. The Kier molecular flexibility index (Phi) is 8.07. The molecule has 0 aliphatic carbocycles. The molecule has 2 amide bonds. The van der Waals surface area contributed by atoms with E-state index in [-0.39, 0.29) is 29.6 Å². The van der Waals surface area contributed by atoms with Crippen LogP contribution in [0.25, 0.3) is 6.08 Å². The van der Waals surface area contributed by atoms with Gasteiger partial charge in [0.05, 0.1) is 26.4 Å². The highest BCUT2D eigenvalue weighted by Crippen LogP contribution is 2.40. The van der Waals surface area contributed by atoms with Gasteiger partial charge in [-0.05, 0) is 75.7 Å². The van der Waals surface area contributed by atoms with Gasteiger partial charge in [0.15, 0.2) is 0 Å². The number of alkyl halides is 3. The molecule has 0 unspecified atom stereocenters. The number of thioether (sulfide) groups is 1. The van der Waals surface area contributed by atoms with E-state index in [4.69, 9.17) is 9.47 Å². The van der Waals surface area contributed by atoms with E-state index < -0.39 is 33.5 Å². The maximum absolute atomic E-state index is 12.9. The summed E-state index contributed by atoms with van der Waals surface area (Å²) in [6, 6.07) is 15.4. The molecule has 0 atom stereocenters. The van der Waals surface area contributed by atoms with Crippen LogP contribution in [0.3, 0.4) is 0 Å². The maximum Gasteiger partial charge on any atom is 0.416 e. The summed E-state index contributed by atoms with van der Waals surface area (Å²) in [5.41, 5.74) is -1.51. The number of benzene rings is 3. The van der Waals surface area contributed by atoms with Crippen LogP contribution in [0.2, 0.25) is 0 Å². The lowest BCUT2D eigenvalue weighted by atomic mass is 10.1. The van der Waals surface area contributed by atoms with Gasteiger partial charge in [0.25, 0.3) is 11.1 Å². The molecule has 1 aliphatic heterocycles. The number of amides is 2. The van der Waals surface area contributed by atoms with Crippen LogP contribution in [0.15, 0.2) is 76.1 Å². The first-order valence-electron chi connectivity index (χ1n) is 10.8. The third-order valence-corrected chi connectivity index (χ3v) is 6.68. The molecule has 0 saturated carbocycles. The first kappa shape index (κ1) is 27.2. The first-order chi connectivity index (χ1) is 18.0. The van der Waals surface area contributed by atoms with Crippen molar-refractivity contribution < 1.29 is 37.2 Å². The maximum atomic E-state index is 12.9. The van der Waals surface area contributed by atoms with E-state index in [0.717, 1.165) is 22.7 Å². The zero-order chi connectivity index (χ0) is 27.4. The molecule has 1 saturated heterocycles. The molecule has 4 rings (SSSR count). The minimum Gasteiger partial charge on any atom is -0.492 e. The van der Waals surface area contributed by atoms with Crippen molar-refractivity contribution in [2.45, 2.75) is 6.18 Å². The van der Waals surface area contributed by atoms with Crippen molar-refractivity contribution in [1.29, 1.82) is 0 Å². The molecule has 3 aromatic rings. The summed E-state index contributed by atoms with van der Waals surface area (Å²) in [4.78, 5) is 36.7. The largest absolute Gasteiger partial charge is 0.492 e. The van der Waals surface area contributed by atoms with Crippen molar-refractivity contribution in [2.75, 3.05) is 13.2 Å². The van der Waals surface area contributed by atoms with Gasteiger partial charge in [0.1, 0.15) is 18.1 Å². The lowest BCUT2D eigenvalue weighted by Crippen LogP contribution is -2.32. The molecule has 0 N–H and O–H groups in total. The molecule has 8 nitrogen and oxygen atoms in total. The number of carbonyl (C=O) groups is 2. The predicted molar refractivity (Wildman–Crippen MR) is 137 cm³/mol. The van der Waals surface area contributed by atoms with Crippen LogP contribution in [0.5, 0.6) is 17.2 Å². The van der Waals surface area contributed by atoms with Crippen LogP contribution in [-0.2, 0) is 11.0 Å². The second-order valence-corrected chi connectivity index (χ2v) is 9.57. The number of hydrogen-bond donors (Lipinski definition) is 0. The van der Waals surface area contributed by atoms with Gasteiger partial charge < -0.3 is 9.47 Å². The number of para-hydroxylation sites is 1. The van der Waals surface area contributed by atoms with E-state index in [9.17, 15) is 32.9 Å². The van der Waals surface area contributed by atoms with Crippen LogP contribution >= 0.6 is 27.7 Å². The molecule has 0 aromatic heterocycles. The van der Waals surface area contributed by atoms with Crippen molar-refractivity contribution in [3.8, 4) is 17.2 Å². The highest BCUT2D eigenvalue weighted by Gasteiger charge is 2.35. The number of ether oxygens (including phenoxy) is 2. The number of nitro benzene ring substituents is 1. The number of nitrogens with zero attached hydrogens (tertiary/aromatic N) is 2. The molecule has 0 radical (unpaired) electrons. The van der Waals surface area contributed by atoms with E-state index in [1.54, 1.807) is 24.3 Å². The van der Waals surface area contributed by atoms with Crippen LogP contribution in [0.4, 0.5) is 23.7 Å². The molecule has 0 bridgehead atoms. The molecule has 3 aromatic carbocycles. The van der Waals surface area contributed by atoms with Gasteiger partial charge in [-0.3, -0.25) is 24.6 Å². The quantitative estimate of drug-likeness (QED) is 0.150. The van der Waals surface area contributed by atoms with Gasteiger partial charge in [-0.15, -0.1) is 0 Å². The van der Waals surface area contributed by atoms with Crippen LogP contribution in [0, 0.1) is 10.1 Å². The average molecular weight is 609 g/mol. The third kappa shape index (κ3) is 6.34. The summed E-state index contributed by atoms with van der Waals surface area (Å²) >= 11 is 4.04. The molecule has 1 fully saturated rings. The van der Waals surface area contributed by atoms with Crippen molar-refractivity contribution in [1.82, 2.24) is 4.90 Å². The molecule has 38 heavy (non-hydrogen) atoms. The number of halogens is 4. The minimum absolute atomic E-state index is 0.0687. The van der Waals surface area contributed by atoms with E-state index in [0.29, 0.717) is 27.9 Å². The number of rotatable bonds is 8. The second-order valence-electron chi connectivity index (χ2n) is 7.72. The van der Waals surface area contributed by atoms with Gasteiger partial charge in [0.2, 0.25) is 5.75 Å². The monoisotopic (exact) mass is 608 g/mol. The summed E-state index contributed by atoms with van der Waals surface area (Å²) in [6.45, 7) is 0.197. The van der Waals surface area contributed by atoms with Crippen molar-refractivity contribution in [3.05, 3.63) is 97.3 Å². The summed E-state index contributed by atoms with van der Waals surface area (Å²) < 4.78 is 50.2. The number of imide groups is 1. The Balaban J connectivity index is 1.46. The highest BCUT2D eigenvalue weighted by molar-refractivity contribution is 9.10. The van der Waals surface area contributed by atoms with Crippen molar-refractivity contribution in [2.24, 2.45) is 0 Å². The van der Waals surface area contributed by atoms with E-state index in [1.165, 1.54) is 24.3 Å². The van der Waals surface area contributed by atoms with Crippen LogP contribution in [0.1, 0.15) is 11.1 Å². The van der Waals surface area contributed by atoms with Gasteiger partial charge in [0, 0.05) is 6.07 Å². The topological polar surface area (TPSA) is 99.0 Å². The molecular weight excluding hydrogens is 593 g/mol. The normalized spacial score (nSPS) is 14.7. The highest BCUT2D eigenvalue weighted by atomic mass is 79.9. The van der Waals surface area contributed by atoms with E-state index in [1.807, 2.05) is 6.07 Å². The zero-order valence-corrected chi connectivity index (χ0v) is 21.5. The number of hydrogen-bond acceptors (Lipinski definition) is 7. The zero-order valence-electron chi connectivity index (χ0n) is 19.1. The van der Waals surface area contributed by atoms with Gasteiger partial charge in [-0.1, -0.05) is 24.3 Å². The Morgan fingerprint density at radius 3 is 2.39 bits per heavy atom. The fourth-order valence-corrected chi connectivity index (χ4v) is 4.69. The standard InChI is InChI=1S/C25H16BrF3N2O6S/c26-18-12-15(6-8-20(18)37-21-9-7-16(25(27,28)29)14-19(21)31(34)35)13-22-23(32)30(24(33)38-22)10-11-36-17-4-2-1-3-5-17/h1-9,12-14H,10-11H2/b22-13-. The van der Waals surface area contributed by atoms with E-state index >= 15 is 0 Å². The first-order valence-corrected chi connectivity index (χ1v) is 12.4. The van der Waals surface area contributed by atoms with Crippen LogP contribution in [-0.4, -0.2) is 34.1 Å². The summed E-state index contributed by atoms with van der Waals surface area (Å²) in [5, 5.41) is 10.9. The Morgan fingerprint density at radius 2 is 1.74 bits per heavy atom. The average Bonchev–Trinajstić information content (AvgIpc) is 3.13. The van der Waals surface area contributed by atoms with Crippen LogP contribution < -0.4 is 9.47 Å². The van der Waals surface area contributed by atoms with E-state index in [2.05, 4.69) is 15.9 Å². The Bertz CT molecular complexity index is 1430. The number of nitro groups is 1. The predicted octanol–water partition coefficient (Wildman–Crippen LogP) is 7.28. The molecule has 196 valence electrons. The summed E-state index contributed by atoms with van der Waals surface area (Å²) in [7, 11) is 0. The van der Waals surface area contributed by atoms with Gasteiger partial charge in [-0.2, -0.15) is 13.2 Å². The lowest BCUT2D eigenvalue weighted by Gasteiger charge is -2.13. The molecular formula is C25H16BrF3N2O6S. The van der Waals surface area contributed by atoms with Crippen molar-refractivity contribution in [3.63, 3.8) is 0 Å². The second kappa shape index (κ2) is 11.3. The smallest absolute Gasteiger partial charge is 0.416 e. The Hall–Kier alpha value is -3.84. The SMILES string of the molecule is O=C1S/C(=C\c2ccc(Oc3ccc(C(F)(F)F)cc3[N+](=O)[O-])c(Br)c2)C(=O)N1CCOc1ccccc1.